The average Bonchev–Trinajstić information content (AvgIpc) is 3.67. The zero-order valence-corrected chi connectivity index (χ0v) is 55.1. The summed E-state index contributed by atoms with van der Waals surface area (Å²) in [7, 11) is 0. The fraction of sp³-hybridized carbons (Fsp3) is 0.829. The Morgan fingerprint density at radius 1 is 0.302 bits per heavy atom. The molecular weight excluding hydrogens is 1090 g/mol. The van der Waals surface area contributed by atoms with Crippen LogP contribution in [0.15, 0.2) is 48.6 Å². The van der Waals surface area contributed by atoms with Gasteiger partial charge in [-0.25, -0.2) is 0 Å². The molecule has 4 atom stereocenters. The van der Waals surface area contributed by atoms with Gasteiger partial charge in [-0.1, -0.05) is 128 Å². The quantitative estimate of drug-likeness (QED) is 0.0194. The molecule has 16 nitrogen and oxygen atoms in total. The minimum Gasteiger partial charge on any atom is -0.463 e. The molecule has 16 heteroatoms. The van der Waals surface area contributed by atoms with Crippen molar-refractivity contribution in [3.05, 3.63) is 48.6 Å². The maximum Gasteiger partial charge on any atom is 0.305 e. The molecule has 0 aromatic rings. The van der Waals surface area contributed by atoms with Gasteiger partial charge in [0.25, 0.3) is 0 Å². The number of aliphatic hydroxyl groups is 4. The smallest absolute Gasteiger partial charge is 0.305 e. The monoisotopic (exact) mass is 1220 g/mol. The van der Waals surface area contributed by atoms with E-state index in [0.29, 0.717) is 90.9 Å². The lowest BCUT2D eigenvalue weighted by Gasteiger charge is -2.34. The molecule has 0 saturated carbocycles. The Labute approximate surface area is 523 Å². The highest BCUT2D eigenvalue weighted by Gasteiger charge is 2.23. The van der Waals surface area contributed by atoms with Crippen molar-refractivity contribution in [3.8, 4) is 0 Å². The van der Waals surface area contributed by atoms with E-state index in [0.717, 1.165) is 103 Å². The number of esters is 4. The van der Waals surface area contributed by atoms with Crippen molar-refractivity contribution < 1.29 is 58.6 Å². The number of allylic oxidation sites excluding steroid dienone is 8. The third-order valence-electron chi connectivity index (χ3n) is 15.6. The van der Waals surface area contributed by atoms with Crippen LogP contribution in [0.1, 0.15) is 246 Å². The standard InChI is InChI=1S/C70H128N4O12/c1-5-9-13-17-21-25-29-33-37-43-67(79)83-59-63(75)55-71-47-41-48-73(57-65(77)61-85-69(81)45-39-35-31-27-23-19-15-11-7-3)53-54-74(58-66(78)62-86-70(82)46-40-36-32-28-24-20-16-12-8-4)50-42-49-72(52-51-71)56-64(76)60-84-68(80)44-38-34-30-26-22-18-14-10-6-2/h21-28,63-66,75-78H,5-20,29-62H2,1-4H3/b25-21-,26-22-,27-23-,28-24-. The van der Waals surface area contributed by atoms with Gasteiger partial charge in [-0.3, -0.25) is 38.8 Å². The van der Waals surface area contributed by atoms with Crippen LogP contribution in [0.3, 0.4) is 0 Å². The summed E-state index contributed by atoms with van der Waals surface area (Å²) in [5.74, 6) is -1.30. The Balaban J connectivity index is 3.16. The van der Waals surface area contributed by atoms with E-state index in [-0.39, 0.29) is 76.5 Å². The summed E-state index contributed by atoms with van der Waals surface area (Å²) < 4.78 is 22.3. The van der Waals surface area contributed by atoms with Gasteiger partial charge >= 0.3 is 23.9 Å². The van der Waals surface area contributed by atoms with E-state index in [9.17, 15) is 39.6 Å². The summed E-state index contributed by atoms with van der Waals surface area (Å²) >= 11 is 0. The van der Waals surface area contributed by atoms with Gasteiger partial charge in [0, 0.05) is 78.0 Å². The van der Waals surface area contributed by atoms with Crippen LogP contribution in [0.2, 0.25) is 0 Å². The van der Waals surface area contributed by atoms with Crippen LogP contribution >= 0.6 is 0 Å². The van der Waals surface area contributed by atoms with Crippen molar-refractivity contribution in [2.75, 3.05) is 105 Å². The number of hydrogen-bond donors (Lipinski definition) is 4. The van der Waals surface area contributed by atoms with Crippen molar-refractivity contribution in [1.29, 1.82) is 0 Å². The first kappa shape index (κ1) is 80.5. The number of carbonyl (C=O) groups is 4. The van der Waals surface area contributed by atoms with E-state index < -0.39 is 24.4 Å². The number of carbonyl (C=O) groups excluding carboxylic acids is 4. The van der Waals surface area contributed by atoms with Crippen molar-refractivity contribution in [2.45, 2.75) is 270 Å². The molecule has 1 saturated heterocycles. The highest BCUT2D eigenvalue weighted by atomic mass is 16.6. The number of rotatable bonds is 52. The molecule has 86 heavy (non-hydrogen) atoms. The minimum absolute atomic E-state index is 0.124. The van der Waals surface area contributed by atoms with Crippen LogP contribution in [0.5, 0.6) is 0 Å². The lowest BCUT2D eigenvalue weighted by Crippen LogP contribution is -2.47. The fourth-order valence-corrected chi connectivity index (χ4v) is 10.3. The molecule has 1 aliphatic heterocycles. The Morgan fingerprint density at radius 3 is 0.674 bits per heavy atom. The summed E-state index contributed by atoms with van der Waals surface area (Å²) in [5, 5.41) is 45.3. The number of hydrogen-bond acceptors (Lipinski definition) is 16. The van der Waals surface area contributed by atoms with E-state index in [2.05, 4.69) is 95.9 Å². The van der Waals surface area contributed by atoms with E-state index in [4.69, 9.17) is 18.9 Å². The molecule has 1 fully saturated rings. The molecule has 1 rings (SSSR count). The van der Waals surface area contributed by atoms with Crippen molar-refractivity contribution in [2.24, 2.45) is 0 Å². The number of ether oxygens (including phenoxy) is 4. The molecular formula is C70H128N4O12. The van der Waals surface area contributed by atoms with Gasteiger partial charge in [-0.2, -0.15) is 0 Å². The zero-order valence-electron chi connectivity index (χ0n) is 55.1. The topological polar surface area (TPSA) is 199 Å². The molecule has 0 aromatic carbocycles. The number of aliphatic hydroxyl groups excluding tert-OH is 4. The Morgan fingerprint density at radius 2 is 0.488 bits per heavy atom. The van der Waals surface area contributed by atoms with Gasteiger partial charge in [0.2, 0.25) is 0 Å². The lowest BCUT2D eigenvalue weighted by atomic mass is 10.1. The molecule has 1 heterocycles. The van der Waals surface area contributed by atoms with Gasteiger partial charge in [-0.15, -0.1) is 0 Å². The summed E-state index contributed by atoms with van der Waals surface area (Å²) in [5.41, 5.74) is 0. The Hall–Kier alpha value is -3.48. The molecule has 1 aliphatic rings. The normalized spacial score (nSPS) is 16.5. The molecule has 0 aliphatic carbocycles. The third kappa shape index (κ3) is 52.5. The van der Waals surface area contributed by atoms with Crippen LogP contribution in [-0.2, 0) is 38.1 Å². The zero-order chi connectivity index (χ0) is 62.8. The van der Waals surface area contributed by atoms with Crippen LogP contribution in [0.4, 0.5) is 0 Å². The molecule has 0 amide bonds. The van der Waals surface area contributed by atoms with Gasteiger partial charge in [-0.05, 0) is 167 Å². The van der Waals surface area contributed by atoms with Gasteiger partial charge in [0.1, 0.15) is 50.8 Å². The highest BCUT2D eigenvalue weighted by molar-refractivity contribution is 5.70. The number of nitrogens with zero attached hydrogens (tertiary/aromatic N) is 4. The lowest BCUT2D eigenvalue weighted by molar-refractivity contribution is -0.148. The van der Waals surface area contributed by atoms with Gasteiger partial charge < -0.3 is 39.4 Å². The first-order valence-electron chi connectivity index (χ1n) is 34.7. The molecule has 0 radical (unpaired) electrons. The number of β-amino-alcohol motifs (C(OH)–C–C–N with tert-alkyl or cyclic N) is 4. The summed E-state index contributed by atoms with van der Waals surface area (Å²) in [4.78, 5) is 59.6. The maximum atomic E-state index is 12.8. The fourth-order valence-electron chi connectivity index (χ4n) is 10.3. The van der Waals surface area contributed by atoms with Gasteiger partial charge in [0.05, 0.1) is 0 Å². The Bertz CT molecular complexity index is 1490. The van der Waals surface area contributed by atoms with Crippen LogP contribution < -0.4 is 0 Å². The average molecular weight is 1220 g/mol. The van der Waals surface area contributed by atoms with E-state index in [1.165, 1.54) is 77.0 Å². The molecule has 0 bridgehead atoms. The van der Waals surface area contributed by atoms with E-state index >= 15 is 0 Å². The van der Waals surface area contributed by atoms with E-state index in [1.807, 2.05) is 0 Å². The van der Waals surface area contributed by atoms with E-state index in [1.54, 1.807) is 0 Å². The third-order valence-corrected chi connectivity index (χ3v) is 15.6. The second-order valence-electron chi connectivity index (χ2n) is 24.1. The summed E-state index contributed by atoms with van der Waals surface area (Å²) in [6.07, 6.45) is 45.5. The summed E-state index contributed by atoms with van der Waals surface area (Å²) in [6.45, 7) is 13.7. The van der Waals surface area contributed by atoms with Crippen molar-refractivity contribution in [3.63, 3.8) is 0 Å². The van der Waals surface area contributed by atoms with Crippen molar-refractivity contribution in [1.82, 2.24) is 19.6 Å². The first-order valence-corrected chi connectivity index (χ1v) is 34.7. The predicted molar refractivity (Wildman–Crippen MR) is 350 cm³/mol. The van der Waals surface area contributed by atoms with Crippen LogP contribution in [0, 0.1) is 0 Å². The molecule has 500 valence electrons. The molecule has 4 N–H and O–H groups in total. The molecule has 0 aromatic heterocycles. The second kappa shape index (κ2) is 59.2. The van der Waals surface area contributed by atoms with Crippen LogP contribution in [-0.4, -0.2) is 193 Å². The Kier molecular flexibility index (Phi) is 55.4. The number of unbranched alkanes of at least 4 members (excludes halogenated alkanes) is 20. The minimum atomic E-state index is -0.935. The molecule has 4 unspecified atom stereocenters. The second-order valence-corrected chi connectivity index (χ2v) is 24.1. The largest absolute Gasteiger partial charge is 0.463 e. The van der Waals surface area contributed by atoms with Crippen molar-refractivity contribution >= 4 is 23.9 Å². The SMILES string of the molecule is CCCCC/C=C\CCCCC(=O)OCC(O)CN1CCCN(CC(O)COC(=O)CCCC/C=C\CCCCC)CCN(CC(O)COC(=O)CCCC/C=C\CCCCC)CCCN(CC(O)COC(=O)CCCC/C=C\CCCCC)CC1. The predicted octanol–water partition coefficient (Wildman–Crippen LogP) is 12.4. The van der Waals surface area contributed by atoms with Gasteiger partial charge in [0.15, 0.2) is 0 Å². The van der Waals surface area contributed by atoms with Crippen LogP contribution in [0.25, 0.3) is 0 Å². The summed E-state index contributed by atoms with van der Waals surface area (Å²) in [6, 6.07) is 0. The maximum absolute atomic E-state index is 12.8. The molecule has 0 spiro atoms. The highest BCUT2D eigenvalue weighted by Crippen LogP contribution is 2.13. The first-order chi connectivity index (χ1) is 41.9.